The zero-order valence-electron chi connectivity index (χ0n) is 11.3. The summed E-state index contributed by atoms with van der Waals surface area (Å²) in [7, 11) is 0. The summed E-state index contributed by atoms with van der Waals surface area (Å²) >= 11 is 9.65. The van der Waals surface area contributed by atoms with Gasteiger partial charge in [-0.1, -0.05) is 36.7 Å². The molecule has 2 rings (SSSR count). The molecule has 0 aliphatic carbocycles. The van der Waals surface area contributed by atoms with Crippen LogP contribution in [0.4, 0.5) is 5.69 Å². The van der Waals surface area contributed by atoms with E-state index in [1.54, 1.807) is 0 Å². The maximum Gasteiger partial charge on any atom is 0.133 e. The molecule has 0 bridgehead atoms. The van der Waals surface area contributed by atoms with Crippen LogP contribution >= 0.6 is 27.5 Å². The number of hydrogen-bond acceptors (Lipinski definition) is 2. The Morgan fingerprint density at radius 1 is 1.20 bits per heavy atom. The molecule has 0 radical (unpaired) electrons. The van der Waals surface area contributed by atoms with Crippen LogP contribution in [0, 0.1) is 0 Å². The molecule has 0 heterocycles. The van der Waals surface area contributed by atoms with Crippen LogP contribution in [0.5, 0.6) is 5.75 Å². The molecule has 0 unspecified atom stereocenters. The predicted octanol–water partition coefficient (Wildman–Crippen LogP) is 5.50. The lowest BCUT2D eigenvalue weighted by atomic mass is 10.2. The molecule has 1 N–H and O–H groups in total. The Kier molecular flexibility index (Phi) is 5.74. The highest BCUT2D eigenvalue weighted by Crippen LogP contribution is 2.27. The van der Waals surface area contributed by atoms with Crippen molar-refractivity contribution in [2.45, 2.75) is 19.9 Å². The van der Waals surface area contributed by atoms with Gasteiger partial charge in [-0.2, -0.15) is 0 Å². The van der Waals surface area contributed by atoms with Gasteiger partial charge in [0.2, 0.25) is 0 Å². The summed E-state index contributed by atoms with van der Waals surface area (Å²) in [6.07, 6.45) is 1.00. The zero-order chi connectivity index (χ0) is 14.4. The number of rotatable bonds is 6. The average molecular weight is 355 g/mol. The molecule has 0 aliphatic rings. The number of hydrogen-bond donors (Lipinski definition) is 1. The third kappa shape index (κ3) is 4.15. The lowest BCUT2D eigenvalue weighted by Gasteiger charge is -2.11. The minimum atomic E-state index is 0.719. The first-order valence-corrected chi connectivity index (χ1v) is 7.77. The third-order valence-corrected chi connectivity index (χ3v) is 3.76. The first-order valence-electron chi connectivity index (χ1n) is 6.60. The van der Waals surface area contributed by atoms with Gasteiger partial charge >= 0.3 is 0 Å². The number of para-hydroxylation sites is 1. The number of nitrogens with one attached hydrogen (secondary N) is 1. The molecular formula is C16H17BrClNO. The molecule has 106 valence electrons. The summed E-state index contributed by atoms with van der Waals surface area (Å²) in [6, 6.07) is 13.8. The van der Waals surface area contributed by atoms with Gasteiger partial charge in [-0.25, -0.2) is 0 Å². The highest BCUT2D eigenvalue weighted by atomic mass is 79.9. The quantitative estimate of drug-likeness (QED) is 0.739. The van der Waals surface area contributed by atoms with Crippen molar-refractivity contribution < 1.29 is 4.74 Å². The first kappa shape index (κ1) is 15.2. The minimum Gasteiger partial charge on any atom is -0.492 e. The van der Waals surface area contributed by atoms with Crippen LogP contribution in [0.15, 0.2) is 46.9 Å². The molecule has 0 atom stereocenters. The Morgan fingerprint density at radius 3 is 2.70 bits per heavy atom. The molecule has 0 saturated heterocycles. The maximum atomic E-state index is 6.11. The van der Waals surface area contributed by atoms with Crippen molar-refractivity contribution in [2.75, 3.05) is 11.9 Å². The van der Waals surface area contributed by atoms with Gasteiger partial charge in [0.05, 0.1) is 21.8 Å². The molecule has 0 amide bonds. The topological polar surface area (TPSA) is 21.3 Å². The molecule has 0 spiro atoms. The highest BCUT2D eigenvalue weighted by Gasteiger charge is 2.03. The van der Waals surface area contributed by atoms with Crippen molar-refractivity contribution in [3.8, 4) is 5.75 Å². The van der Waals surface area contributed by atoms with E-state index in [2.05, 4.69) is 40.3 Å². The van der Waals surface area contributed by atoms with Crippen LogP contribution in [0.3, 0.4) is 0 Å². The van der Waals surface area contributed by atoms with Crippen molar-refractivity contribution in [3.63, 3.8) is 0 Å². The minimum absolute atomic E-state index is 0.719. The molecule has 2 aromatic carbocycles. The van der Waals surface area contributed by atoms with E-state index in [9.17, 15) is 0 Å². The largest absolute Gasteiger partial charge is 0.492 e. The molecule has 0 aliphatic heterocycles. The second-order valence-corrected chi connectivity index (χ2v) is 5.71. The Bertz CT molecular complexity index is 574. The number of ether oxygens (including phenoxy) is 1. The van der Waals surface area contributed by atoms with Crippen LogP contribution in [-0.2, 0) is 6.54 Å². The summed E-state index contributed by atoms with van der Waals surface area (Å²) in [5.74, 6) is 0.883. The fourth-order valence-corrected chi connectivity index (χ4v) is 2.53. The SMILES string of the molecule is CCCOc1ccc(CNc2ccccc2Cl)cc1Br. The van der Waals surface area contributed by atoms with Gasteiger partial charge in [0, 0.05) is 6.54 Å². The molecular weight excluding hydrogens is 338 g/mol. The molecule has 0 aromatic heterocycles. The van der Waals surface area contributed by atoms with E-state index in [1.165, 1.54) is 5.56 Å². The Morgan fingerprint density at radius 2 is 2.00 bits per heavy atom. The standard InChI is InChI=1S/C16H17BrClNO/c1-2-9-20-16-8-7-12(10-13(16)17)11-19-15-6-4-3-5-14(15)18/h3-8,10,19H,2,9,11H2,1H3. The van der Waals surface area contributed by atoms with Gasteiger partial charge in [-0.15, -0.1) is 0 Å². The third-order valence-electron chi connectivity index (χ3n) is 2.81. The van der Waals surface area contributed by atoms with Crippen molar-refractivity contribution in [1.29, 1.82) is 0 Å². The lowest BCUT2D eigenvalue weighted by Crippen LogP contribution is -2.01. The van der Waals surface area contributed by atoms with E-state index in [0.29, 0.717) is 0 Å². The Balaban J connectivity index is 2.00. The molecule has 0 fully saturated rings. The van der Waals surface area contributed by atoms with Gasteiger partial charge in [0.25, 0.3) is 0 Å². The molecule has 2 nitrogen and oxygen atoms in total. The summed E-state index contributed by atoms with van der Waals surface area (Å²) in [6.45, 7) is 3.54. The van der Waals surface area contributed by atoms with Crippen LogP contribution in [0.2, 0.25) is 5.02 Å². The summed E-state index contributed by atoms with van der Waals surface area (Å²) < 4.78 is 6.61. The fourth-order valence-electron chi connectivity index (χ4n) is 1.79. The number of benzene rings is 2. The van der Waals surface area contributed by atoms with Crippen LogP contribution in [0.1, 0.15) is 18.9 Å². The second-order valence-electron chi connectivity index (χ2n) is 4.45. The Hall–Kier alpha value is -1.19. The van der Waals surface area contributed by atoms with E-state index in [1.807, 2.05) is 30.3 Å². The van der Waals surface area contributed by atoms with Crippen molar-refractivity contribution >= 4 is 33.2 Å². The first-order chi connectivity index (χ1) is 9.70. The summed E-state index contributed by atoms with van der Waals surface area (Å²) in [4.78, 5) is 0. The van der Waals surface area contributed by atoms with Crippen LogP contribution < -0.4 is 10.1 Å². The van der Waals surface area contributed by atoms with E-state index >= 15 is 0 Å². The molecule has 4 heteroatoms. The van der Waals surface area contributed by atoms with E-state index in [4.69, 9.17) is 16.3 Å². The molecule has 2 aromatic rings. The predicted molar refractivity (Wildman–Crippen MR) is 88.7 cm³/mol. The van der Waals surface area contributed by atoms with Gasteiger partial charge in [-0.3, -0.25) is 0 Å². The zero-order valence-corrected chi connectivity index (χ0v) is 13.7. The van der Waals surface area contributed by atoms with E-state index < -0.39 is 0 Å². The lowest BCUT2D eigenvalue weighted by molar-refractivity contribution is 0.315. The van der Waals surface area contributed by atoms with Crippen molar-refractivity contribution in [3.05, 3.63) is 57.5 Å². The van der Waals surface area contributed by atoms with Gasteiger partial charge in [0.1, 0.15) is 5.75 Å². The smallest absolute Gasteiger partial charge is 0.133 e. The average Bonchev–Trinajstić information content (AvgIpc) is 2.45. The second kappa shape index (κ2) is 7.55. The van der Waals surface area contributed by atoms with E-state index in [0.717, 1.165) is 40.5 Å². The monoisotopic (exact) mass is 353 g/mol. The highest BCUT2D eigenvalue weighted by molar-refractivity contribution is 9.10. The number of anilines is 1. The van der Waals surface area contributed by atoms with Crippen LogP contribution in [0.25, 0.3) is 0 Å². The van der Waals surface area contributed by atoms with Gasteiger partial charge in [0.15, 0.2) is 0 Å². The van der Waals surface area contributed by atoms with Crippen LogP contribution in [-0.4, -0.2) is 6.61 Å². The van der Waals surface area contributed by atoms with Crippen molar-refractivity contribution in [1.82, 2.24) is 0 Å². The van der Waals surface area contributed by atoms with E-state index in [-0.39, 0.29) is 0 Å². The van der Waals surface area contributed by atoms with Gasteiger partial charge in [-0.05, 0) is 52.2 Å². The number of halogens is 2. The molecule has 20 heavy (non-hydrogen) atoms. The van der Waals surface area contributed by atoms with Gasteiger partial charge < -0.3 is 10.1 Å². The van der Waals surface area contributed by atoms with Crippen molar-refractivity contribution in [2.24, 2.45) is 0 Å². The summed E-state index contributed by atoms with van der Waals surface area (Å²) in [5.41, 5.74) is 2.11. The molecule has 0 saturated carbocycles. The Labute approximate surface area is 133 Å². The fraction of sp³-hybridized carbons (Fsp3) is 0.250. The summed E-state index contributed by atoms with van der Waals surface area (Å²) in [5, 5.41) is 4.06. The normalized spacial score (nSPS) is 10.3. The maximum absolute atomic E-state index is 6.11.